The van der Waals surface area contributed by atoms with E-state index in [4.69, 9.17) is 16.6 Å². The molecule has 0 aromatic carbocycles. The normalized spacial score (nSPS) is 23.1. The first-order chi connectivity index (χ1) is 9.65. The summed E-state index contributed by atoms with van der Waals surface area (Å²) in [4.78, 5) is 15.0. The van der Waals surface area contributed by atoms with Crippen LogP contribution in [0.25, 0.3) is 6.08 Å². The Bertz CT molecular complexity index is 575. The van der Waals surface area contributed by atoms with Crippen LogP contribution >= 0.6 is 39.9 Å². The molecule has 1 saturated carbocycles. The van der Waals surface area contributed by atoms with Gasteiger partial charge in [-0.25, -0.2) is 0 Å². The Kier molecular flexibility index (Phi) is 4.33. The first-order valence-electron chi connectivity index (χ1n) is 6.67. The Morgan fingerprint density at radius 2 is 2.10 bits per heavy atom. The molecule has 1 amide bonds. The molecule has 2 fully saturated rings. The molecule has 106 valence electrons. The molecule has 1 aliphatic heterocycles. The Hall–Kier alpha value is -0.590. The van der Waals surface area contributed by atoms with Gasteiger partial charge in [0.2, 0.25) is 0 Å². The number of thioether (sulfide) groups is 1. The number of amides is 1. The van der Waals surface area contributed by atoms with E-state index in [1.807, 2.05) is 17.0 Å². The number of carbonyl (C=O) groups is 1. The molecule has 6 heteroatoms. The number of nitrogens with zero attached hydrogens (tertiary/aromatic N) is 1. The molecular weight excluding hydrogens is 358 g/mol. The quantitative estimate of drug-likeness (QED) is 0.562. The summed E-state index contributed by atoms with van der Waals surface area (Å²) in [5.41, 5.74) is 0. The summed E-state index contributed by atoms with van der Waals surface area (Å²) in [6, 6.07) is 3.93. The van der Waals surface area contributed by atoms with Gasteiger partial charge in [0.1, 0.15) is 10.1 Å². The third-order valence-corrected chi connectivity index (χ3v) is 5.39. The summed E-state index contributed by atoms with van der Waals surface area (Å²) < 4.78 is 6.76. The van der Waals surface area contributed by atoms with Gasteiger partial charge in [-0.15, -0.1) is 0 Å². The van der Waals surface area contributed by atoms with Gasteiger partial charge in [-0.2, -0.15) is 0 Å². The van der Waals surface area contributed by atoms with Gasteiger partial charge in [-0.3, -0.25) is 9.69 Å². The molecule has 3 rings (SSSR count). The molecule has 0 radical (unpaired) electrons. The number of rotatable bonds is 2. The second-order valence-corrected chi connectivity index (χ2v) is 7.44. The maximum atomic E-state index is 12.5. The maximum absolute atomic E-state index is 12.5. The molecule has 0 bridgehead atoms. The molecule has 1 saturated heterocycles. The van der Waals surface area contributed by atoms with Crippen molar-refractivity contribution in [3.05, 3.63) is 27.5 Å². The number of halogens is 1. The highest BCUT2D eigenvalue weighted by Gasteiger charge is 2.37. The predicted octanol–water partition coefficient (Wildman–Crippen LogP) is 4.58. The lowest BCUT2D eigenvalue weighted by Gasteiger charge is -2.29. The van der Waals surface area contributed by atoms with E-state index >= 15 is 0 Å². The zero-order chi connectivity index (χ0) is 14.1. The molecule has 1 aromatic heterocycles. The van der Waals surface area contributed by atoms with E-state index in [0.29, 0.717) is 19.7 Å². The fraction of sp³-hybridized carbons (Fsp3) is 0.429. The number of thiocarbonyl (C=S) groups is 1. The van der Waals surface area contributed by atoms with Gasteiger partial charge in [0.15, 0.2) is 4.67 Å². The lowest BCUT2D eigenvalue weighted by molar-refractivity contribution is -0.124. The van der Waals surface area contributed by atoms with E-state index in [1.165, 1.54) is 31.0 Å². The van der Waals surface area contributed by atoms with Gasteiger partial charge in [0, 0.05) is 12.1 Å². The van der Waals surface area contributed by atoms with Crippen LogP contribution in [0.1, 0.15) is 37.9 Å². The summed E-state index contributed by atoms with van der Waals surface area (Å²) in [6.45, 7) is 0. The molecule has 0 atom stereocenters. The third-order valence-electron chi connectivity index (χ3n) is 3.63. The van der Waals surface area contributed by atoms with Crippen LogP contribution in [0.15, 0.2) is 26.1 Å². The van der Waals surface area contributed by atoms with Crippen molar-refractivity contribution in [3.63, 3.8) is 0 Å². The third kappa shape index (κ3) is 2.87. The zero-order valence-electron chi connectivity index (χ0n) is 10.8. The van der Waals surface area contributed by atoms with Gasteiger partial charge in [0.25, 0.3) is 5.91 Å². The minimum atomic E-state index is 0.0272. The van der Waals surface area contributed by atoms with Crippen molar-refractivity contribution in [3.8, 4) is 0 Å². The first-order valence-corrected chi connectivity index (χ1v) is 8.69. The van der Waals surface area contributed by atoms with Crippen molar-refractivity contribution in [1.82, 2.24) is 4.90 Å². The lowest BCUT2D eigenvalue weighted by atomic mass is 9.94. The van der Waals surface area contributed by atoms with E-state index in [9.17, 15) is 4.79 Å². The molecule has 3 nitrogen and oxygen atoms in total. The van der Waals surface area contributed by atoms with E-state index in [-0.39, 0.29) is 11.9 Å². The van der Waals surface area contributed by atoms with Crippen LogP contribution in [0, 0.1) is 0 Å². The minimum Gasteiger partial charge on any atom is -0.450 e. The van der Waals surface area contributed by atoms with Crippen molar-refractivity contribution in [2.75, 3.05) is 0 Å². The lowest BCUT2D eigenvalue weighted by Crippen LogP contribution is -2.39. The average molecular weight is 372 g/mol. The molecular formula is C14H14BrNO2S2. The van der Waals surface area contributed by atoms with Crippen LogP contribution in [-0.2, 0) is 4.79 Å². The fourth-order valence-corrected chi connectivity index (χ4v) is 4.37. The fourth-order valence-electron chi connectivity index (χ4n) is 2.67. The highest BCUT2D eigenvalue weighted by molar-refractivity contribution is 9.10. The first kappa shape index (κ1) is 14.4. The molecule has 20 heavy (non-hydrogen) atoms. The van der Waals surface area contributed by atoms with Gasteiger partial charge in [-0.05, 0) is 40.9 Å². The van der Waals surface area contributed by atoms with Gasteiger partial charge < -0.3 is 4.42 Å². The Morgan fingerprint density at radius 3 is 2.75 bits per heavy atom. The van der Waals surface area contributed by atoms with Crippen molar-refractivity contribution in [1.29, 1.82) is 0 Å². The summed E-state index contributed by atoms with van der Waals surface area (Å²) in [5, 5.41) is 0. The minimum absolute atomic E-state index is 0.0272. The van der Waals surface area contributed by atoms with Crippen LogP contribution in [0.5, 0.6) is 0 Å². The van der Waals surface area contributed by atoms with Gasteiger partial charge >= 0.3 is 0 Å². The van der Waals surface area contributed by atoms with Crippen LogP contribution in [-0.4, -0.2) is 21.2 Å². The molecule has 0 N–H and O–H groups in total. The zero-order valence-corrected chi connectivity index (χ0v) is 14.0. The summed E-state index contributed by atoms with van der Waals surface area (Å²) in [6.07, 6.45) is 7.53. The van der Waals surface area contributed by atoms with E-state index in [2.05, 4.69) is 15.9 Å². The number of hydrogen-bond donors (Lipinski definition) is 0. The summed E-state index contributed by atoms with van der Waals surface area (Å²) in [7, 11) is 0. The second-order valence-electron chi connectivity index (χ2n) is 4.99. The number of hydrogen-bond acceptors (Lipinski definition) is 4. The van der Waals surface area contributed by atoms with E-state index in [0.717, 1.165) is 12.8 Å². The molecule has 0 unspecified atom stereocenters. The predicted molar refractivity (Wildman–Crippen MR) is 88.3 cm³/mol. The van der Waals surface area contributed by atoms with Crippen LogP contribution in [0.4, 0.5) is 0 Å². The topological polar surface area (TPSA) is 33.5 Å². The highest BCUT2D eigenvalue weighted by atomic mass is 79.9. The van der Waals surface area contributed by atoms with Crippen LogP contribution < -0.4 is 0 Å². The summed E-state index contributed by atoms with van der Waals surface area (Å²) >= 11 is 10.0. The standard InChI is InChI=1S/C14H14BrNO2S2/c15-12-7-6-10(18-12)8-11-13(17)16(14(19)20-11)9-4-2-1-3-5-9/h6-9H,1-5H2/b11-8-. The van der Waals surface area contributed by atoms with Crippen LogP contribution in [0.3, 0.4) is 0 Å². The molecule has 1 aliphatic carbocycles. The van der Waals surface area contributed by atoms with E-state index < -0.39 is 0 Å². The smallest absolute Gasteiger partial charge is 0.266 e. The molecule has 1 aromatic rings. The maximum Gasteiger partial charge on any atom is 0.266 e. The Balaban J connectivity index is 1.81. The van der Waals surface area contributed by atoms with Gasteiger partial charge in [-0.1, -0.05) is 43.2 Å². The summed E-state index contributed by atoms with van der Waals surface area (Å²) in [5.74, 6) is 0.695. The molecule has 0 spiro atoms. The Morgan fingerprint density at radius 1 is 1.35 bits per heavy atom. The Labute approximate surface area is 135 Å². The van der Waals surface area contributed by atoms with E-state index in [1.54, 1.807) is 6.08 Å². The SMILES string of the molecule is O=C1/C(=C/c2ccc(Br)o2)SC(=S)N1C1CCCCC1. The number of furan rings is 1. The second kappa shape index (κ2) is 6.03. The van der Waals surface area contributed by atoms with Crippen molar-refractivity contribution < 1.29 is 9.21 Å². The van der Waals surface area contributed by atoms with Crippen LogP contribution in [0.2, 0.25) is 0 Å². The average Bonchev–Trinajstić information content (AvgIpc) is 2.96. The molecule has 2 heterocycles. The monoisotopic (exact) mass is 371 g/mol. The molecule has 2 aliphatic rings. The number of carbonyl (C=O) groups excluding carboxylic acids is 1. The van der Waals surface area contributed by atoms with Gasteiger partial charge in [0.05, 0.1) is 4.91 Å². The van der Waals surface area contributed by atoms with Crippen molar-refractivity contribution in [2.24, 2.45) is 0 Å². The van der Waals surface area contributed by atoms with Crippen molar-refractivity contribution in [2.45, 2.75) is 38.1 Å². The van der Waals surface area contributed by atoms with Crippen molar-refractivity contribution >= 4 is 56.2 Å². The highest BCUT2D eigenvalue weighted by Crippen LogP contribution is 2.37. The largest absolute Gasteiger partial charge is 0.450 e.